The van der Waals surface area contributed by atoms with Gasteiger partial charge in [-0.1, -0.05) is 37.5 Å². The van der Waals surface area contributed by atoms with E-state index in [0.29, 0.717) is 0 Å². The van der Waals surface area contributed by atoms with Crippen LogP contribution in [0.25, 0.3) is 0 Å². The van der Waals surface area contributed by atoms with Gasteiger partial charge in [-0.05, 0) is 37.1 Å². The van der Waals surface area contributed by atoms with Crippen LogP contribution in [0, 0.1) is 10.1 Å². The molecule has 1 fully saturated rings. The van der Waals surface area contributed by atoms with Crippen LogP contribution < -0.4 is 4.90 Å². The number of carbonyl (C=O) groups is 2. The van der Waals surface area contributed by atoms with Gasteiger partial charge in [-0.15, -0.1) is 0 Å². The molecule has 1 aliphatic carbocycles. The van der Waals surface area contributed by atoms with Crippen molar-refractivity contribution in [3.05, 3.63) is 70.3 Å². The molecule has 0 heterocycles. The number of ether oxygens (including phenoxy) is 1. The molecule has 7 nitrogen and oxygen atoms in total. The minimum absolute atomic E-state index is 0.0988. The number of para-hydroxylation sites is 1. The molecule has 2 aromatic carbocycles. The molecule has 0 unspecified atom stereocenters. The molecule has 0 radical (unpaired) electrons. The van der Waals surface area contributed by atoms with Crippen molar-refractivity contribution in [2.24, 2.45) is 0 Å². The summed E-state index contributed by atoms with van der Waals surface area (Å²) < 4.78 is 5.18. The third-order valence-corrected chi connectivity index (χ3v) is 4.88. The molecular formula is C21H22N2O5. The van der Waals surface area contributed by atoms with E-state index >= 15 is 0 Å². The summed E-state index contributed by atoms with van der Waals surface area (Å²) in [6, 6.07) is 14.6. The fourth-order valence-electron chi connectivity index (χ4n) is 3.49. The number of hydrogen-bond donors (Lipinski definition) is 0. The minimum atomic E-state index is -0.681. The van der Waals surface area contributed by atoms with Crippen molar-refractivity contribution in [3.8, 4) is 0 Å². The second-order valence-corrected chi connectivity index (χ2v) is 6.77. The molecule has 1 amide bonds. The highest BCUT2D eigenvalue weighted by Gasteiger charge is 2.27. The number of nitro groups is 1. The average Bonchev–Trinajstić information content (AvgIpc) is 2.74. The van der Waals surface area contributed by atoms with E-state index in [0.717, 1.165) is 31.4 Å². The van der Waals surface area contributed by atoms with Crippen molar-refractivity contribution in [1.29, 1.82) is 0 Å². The van der Waals surface area contributed by atoms with Crippen molar-refractivity contribution < 1.29 is 19.2 Å². The lowest BCUT2D eigenvalue weighted by atomic mass is 9.93. The van der Waals surface area contributed by atoms with Crippen LogP contribution >= 0.6 is 0 Å². The Kier molecular flexibility index (Phi) is 6.37. The monoisotopic (exact) mass is 382 g/mol. The molecule has 0 aliphatic heterocycles. The van der Waals surface area contributed by atoms with Gasteiger partial charge in [-0.2, -0.15) is 0 Å². The van der Waals surface area contributed by atoms with E-state index in [2.05, 4.69) is 0 Å². The highest BCUT2D eigenvalue weighted by atomic mass is 16.6. The molecule has 0 saturated heterocycles. The maximum absolute atomic E-state index is 12.9. The second-order valence-electron chi connectivity index (χ2n) is 6.77. The Morgan fingerprint density at radius 2 is 1.64 bits per heavy atom. The van der Waals surface area contributed by atoms with Gasteiger partial charge in [0.1, 0.15) is 0 Å². The predicted octanol–water partition coefficient (Wildman–Crippen LogP) is 4.12. The Hall–Kier alpha value is -3.22. The summed E-state index contributed by atoms with van der Waals surface area (Å²) in [5, 5.41) is 10.7. The smallest absolute Gasteiger partial charge is 0.338 e. The first-order chi connectivity index (χ1) is 13.6. The molecule has 28 heavy (non-hydrogen) atoms. The molecular weight excluding hydrogens is 360 g/mol. The quantitative estimate of drug-likeness (QED) is 0.426. The topological polar surface area (TPSA) is 89.8 Å². The van der Waals surface area contributed by atoms with E-state index in [4.69, 9.17) is 4.74 Å². The third-order valence-electron chi connectivity index (χ3n) is 4.88. The van der Waals surface area contributed by atoms with Gasteiger partial charge in [0.25, 0.3) is 11.6 Å². The lowest BCUT2D eigenvalue weighted by molar-refractivity contribution is -0.384. The van der Waals surface area contributed by atoms with E-state index in [9.17, 15) is 19.7 Å². The van der Waals surface area contributed by atoms with E-state index in [1.165, 1.54) is 30.7 Å². The first-order valence-corrected chi connectivity index (χ1v) is 9.35. The molecule has 1 aliphatic rings. The van der Waals surface area contributed by atoms with E-state index in [1.807, 2.05) is 30.3 Å². The molecule has 0 atom stereocenters. The van der Waals surface area contributed by atoms with Crippen LogP contribution in [-0.2, 0) is 9.53 Å². The largest absolute Gasteiger partial charge is 0.452 e. The molecule has 7 heteroatoms. The van der Waals surface area contributed by atoms with Gasteiger partial charge in [-0.3, -0.25) is 14.9 Å². The number of non-ortho nitro benzene ring substituents is 1. The van der Waals surface area contributed by atoms with Gasteiger partial charge < -0.3 is 9.64 Å². The van der Waals surface area contributed by atoms with Crippen molar-refractivity contribution in [2.45, 2.75) is 38.1 Å². The number of carbonyl (C=O) groups excluding carboxylic acids is 2. The fourth-order valence-corrected chi connectivity index (χ4v) is 3.49. The number of anilines is 1. The summed E-state index contributed by atoms with van der Waals surface area (Å²) in [7, 11) is 0. The van der Waals surface area contributed by atoms with Gasteiger partial charge in [0.15, 0.2) is 6.61 Å². The summed E-state index contributed by atoms with van der Waals surface area (Å²) in [6.45, 7) is -0.374. The van der Waals surface area contributed by atoms with Gasteiger partial charge in [0.2, 0.25) is 0 Å². The summed E-state index contributed by atoms with van der Waals surface area (Å²) in [5.74, 6) is -0.951. The number of esters is 1. The van der Waals surface area contributed by atoms with Gasteiger partial charge in [0.05, 0.1) is 10.5 Å². The maximum atomic E-state index is 12.9. The van der Waals surface area contributed by atoms with Crippen molar-refractivity contribution in [2.75, 3.05) is 11.5 Å². The molecule has 146 valence electrons. The fraction of sp³-hybridized carbons (Fsp3) is 0.333. The molecule has 1 saturated carbocycles. The second kappa shape index (κ2) is 9.12. The zero-order valence-corrected chi connectivity index (χ0v) is 15.5. The number of benzene rings is 2. The molecule has 2 aromatic rings. The van der Waals surface area contributed by atoms with Gasteiger partial charge >= 0.3 is 5.97 Å². The number of rotatable bonds is 6. The lowest BCUT2D eigenvalue weighted by Gasteiger charge is -2.34. The predicted molar refractivity (Wildman–Crippen MR) is 104 cm³/mol. The van der Waals surface area contributed by atoms with E-state index < -0.39 is 10.9 Å². The minimum Gasteiger partial charge on any atom is -0.452 e. The Morgan fingerprint density at radius 3 is 2.25 bits per heavy atom. The zero-order valence-electron chi connectivity index (χ0n) is 15.5. The lowest BCUT2D eigenvalue weighted by Crippen LogP contribution is -2.43. The van der Waals surface area contributed by atoms with E-state index in [-0.39, 0.29) is 29.8 Å². The summed E-state index contributed by atoms with van der Waals surface area (Å²) in [6.07, 6.45) is 5.17. The Labute approximate surface area is 163 Å². The third kappa shape index (κ3) is 4.73. The first kappa shape index (κ1) is 19.5. The van der Waals surface area contributed by atoms with Crippen LogP contribution in [0.3, 0.4) is 0 Å². The first-order valence-electron chi connectivity index (χ1n) is 9.35. The summed E-state index contributed by atoms with van der Waals surface area (Å²) >= 11 is 0. The number of amides is 1. The highest BCUT2D eigenvalue weighted by Crippen LogP contribution is 2.27. The number of hydrogen-bond acceptors (Lipinski definition) is 5. The average molecular weight is 382 g/mol. The van der Waals surface area contributed by atoms with Crippen molar-refractivity contribution in [1.82, 2.24) is 0 Å². The van der Waals surface area contributed by atoms with Crippen LogP contribution in [0.5, 0.6) is 0 Å². The molecule has 3 rings (SSSR count). The van der Waals surface area contributed by atoms with Crippen molar-refractivity contribution in [3.63, 3.8) is 0 Å². The standard InChI is InChI=1S/C21H22N2O5/c24-20(15-28-21(25)16-11-13-19(14-12-16)23(26)27)22(17-7-3-1-4-8-17)18-9-5-2-6-10-18/h1,3-4,7-8,11-14,18H,2,5-6,9-10,15H2. The van der Waals surface area contributed by atoms with Crippen LogP contribution in [0.2, 0.25) is 0 Å². The molecule has 0 spiro atoms. The summed E-state index contributed by atoms with van der Waals surface area (Å²) in [4.78, 5) is 37.0. The number of nitro benzene ring substituents is 1. The highest BCUT2D eigenvalue weighted by molar-refractivity contribution is 5.97. The molecule has 0 aromatic heterocycles. The Balaban J connectivity index is 1.67. The van der Waals surface area contributed by atoms with Gasteiger partial charge in [0, 0.05) is 23.9 Å². The van der Waals surface area contributed by atoms with Crippen LogP contribution in [0.15, 0.2) is 54.6 Å². The Morgan fingerprint density at radius 1 is 1.00 bits per heavy atom. The maximum Gasteiger partial charge on any atom is 0.338 e. The van der Waals surface area contributed by atoms with Crippen LogP contribution in [0.4, 0.5) is 11.4 Å². The van der Waals surface area contributed by atoms with Crippen molar-refractivity contribution >= 4 is 23.3 Å². The SMILES string of the molecule is O=C(OCC(=O)N(c1ccccc1)C1CCCCC1)c1ccc([N+](=O)[O-])cc1. The zero-order chi connectivity index (χ0) is 19.9. The van der Waals surface area contributed by atoms with Crippen LogP contribution in [0.1, 0.15) is 42.5 Å². The molecule has 0 bridgehead atoms. The normalized spacial score (nSPS) is 14.3. The van der Waals surface area contributed by atoms with Gasteiger partial charge in [-0.25, -0.2) is 4.79 Å². The number of nitrogens with zero attached hydrogens (tertiary/aromatic N) is 2. The van der Waals surface area contributed by atoms with E-state index in [1.54, 1.807) is 4.90 Å². The Bertz CT molecular complexity index is 830. The summed E-state index contributed by atoms with van der Waals surface area (Å²) in [5.41, 5.74) is 0.855. The van der Waals surface area contributed by atoms with Crippen LogP contribution in [-0.4, -0.2) is 29.4 Å². The molecule has 0 N–H and O–H groups in total.